The van der Waals surface area contributed by atoms with E-state index in [1.807, 2.05) is 42.8 Å². The minimum absolute atomic E-state index is 0.0665. The van der Waals surface area contributed by atoms with Crippen LogP contribution in [0.5, 0.6) is 0 Å². The average Bonchev–Trinajstić information content (AvgIpc) is 2.49. The third-order valence-electron chi connectivity index (χ3n) is 3.38. The van der Waals surface area contributed by atoms with E-state index in [2.05, 4.69) is 5.32 Å². The molecule has 122 valence electrons. The molecule has 2 rings (SSSR count). The van der Waals surface area contributed by atoms with Crippen molar-refractivity contribution in [1.29, 1.82) is 0 Å². The van der Waals surface area contributed by atoms with Crippen LogP contribution in [-0.4, -0.2) is 21.0 Å². The van der Waals surface area contributed by atoms with Gasteiger partial charge in [0.15, 0.2) is 0 Å². The third-order valence-corrected chi connectivity index (χ3v) is 4.73. The van der Waals surface area contributed by atoms with Crippen LogP contribution in [0.1, 0.15) is 16.7 Å². The Balaban J connectivity index is 1.86. The molecule has 0 aromatic heterocycles. The first-order chi connectivity index (χ1) is 10.9. The van der Waals surface area contributed by atoms with Crippen molar-refractivity contribution < 1.29 is 13.2 Å². The lowest BCUT2D eigenvalue weighted by molar-refractivity contribution is 0.246. The number of hydrogen-bond acceptors (Lipinski definition) is 3. The molecule has 0 unspecified atom stereocenters. The Morgan fingerprint density at radius 2 is 1.43 bits per heavy atom. The third kappa shape index (κ3) is 5.10. The van der Waals surface area contributed by atoms with Gasteiger partial charge in [-0.3, -0.25) is 0 Å². The second-order valence-corrected chi connectivity index (χ2v) is 7.09. The first-order valence-corrected chi connectivity index (χ1v) is 8.78. The number of rotatable bonds is 5. The Kier molecular flexibility index (Phi) is 5.39. The number of amides is 2. The largest absolute Gasteiger partial charge is 0.337 e. The number of aryl methyl sites for hydroxylation is 2. The molecule has 5 nitrogen and oxygen atoms in total. The van der Waals surface area contributed by atoms with Gasteiger partial charge < -0.3 is 5.32 Å². The number of carbonyl (C=O) groups excluding carboxylic acids is 1. The molecule has 0 aliphatic carbocycles. The highest BCUT2D eigenvalue weighted by molar-refractivity contribution is 7.90. The van der Waals surface area contributed by atoms with Crippen LogP contribution in [0.25, 0.3) is 0 Å². The summed E-state index contributed by atoms with van der Waals surface area (Å²) >= 11 is 0. The van der Waals surface area contributed by atoms with E-state index >= 15 is 0 Å². The molecule has 0 aliphatic rings. The molecule has 23 heavy (non-hydrogen) atoms. The van der Waals surface area contributed by atoms with Gasteiger partial charge in [0.1, 0.15) is 0 Å². The fraction of sp³-hybridized carbons (Fsp3) is 0.235. The summed E-state index contributed by atoms with van der Waals surface area (Å²) in [5.74, 6) is 0. The van der Waals surface area contributed by atoms with E-state index in [-0.39, 0.29) is 4.90 Å². The van der Waals surface area contributed by atoms with Crippen molar-refractivity contribution in [2.45, 2.75) is 25.2 Å². The van der Waals surface area contributed by atoms with Crippen molar-refractivity contribution in [2.24, 2.45) is 0 Å². The van der Waals surface area contributed by atoms with Gasteiger partial charge in [-0.2, -0.15) is 0 Å². The lowest BCUT2D eigenvalue weighted by Crippen LogP contribution is -2.40. The fourth-order valence-corrected chi connectivity index (χ4v) is 2.94. The van der Waals surface area contributed by atoms with Gasteiger partial charge in [0, 0.05) is 6.54 Å². The maximum atomic E-state index is 12.1. The summed E-state index contributed by atoms with van der Waals surface area (Å²) in [6.45, 7) is 4.23. The summed E-state index contributed by atoms with van der Waals surface area (Å²) in [5, 5.41) is 2.55. The number of benzene rings is 2. The van der Waals surface area contributed by atoms with Gasteiger partial charge in [-0.05, 0) is 38.0 Å². The summed E-state index contributed by atoms with van der Waals surface area (Å²) in [4.78, 5) is 11.8. The normalized spacial score (nSPS) is 11.0. The molecule has 0 bridgehead atoms. The summed E-state index contributed by atoms with van der Waals surface area (Å²) < 4.78 is 26.1. The van der Waals surface area contributed by atoms with Crippen molar-refractivity contribution in [3.8, 4) is 0 Å². The second-order valence-electron chi connectivity index (χ2n) is 5.41. The van der Waals surface area contributed by atoms with Crippen LogP contribution in [0, 0.1) is 13.8 Å². The highest BCUT2D eigenvalue weighted by Gasteiger charge is 2.16. The van der Waals surface area contributed by atoms with Crippen LogP contribution < -0.4 is 10.0 Å². The van der Waals surface area contributed by atoms with Crippen LogP contribution in [0.4, 0.5) is 4.79 Å². The van der Waals surface area contributed by atoms with E-state index in [9.17, 15) is 13.2 Å². The molecule has 0 saturated heterocycles. The van der Waals surface area contributed by atoms with E-state index in [0.29, 0.717) is 13.0 Å². The van der Waals surface area contributed by atoms with Crippen LogP contribution in [0.2, 0.25) is 0 Å². The maximum Gasteiger partial charge on any atom is 0.328 e. The second kappa shape index (κ2) is 7.28. The number of hydrogen-bond donors (Lipinski definition) is 2. The molecule has 6 heteroatoms. The lowest BCUT2D eigenvalue weighted by Gasteiger charge is -2.09. The van der Waals surface area contributed by atoms with E-state index in [4.69, 9.17) is 0 Å². The molecule has 0 heterocycles. The molecule has 0 saturated carbocycles. The molecular weight excluding hydrogens is 312 g/mol. The van der Waals surface area contributed by atoms with Crippen molar-refractivity contribution in [3.63, 3.8) is 0 Å². The molecule has 2 aromatic rings. The van der Waals surface area contributed by atoms with Crippen molar-refractivity contribution >= 4 is 16.1 Å². The highest BCUT2D eigenvalue weighted by atomic mass is 32.2. The van der Waals surface area contributed by atoms with Gasteiger partial charge >= 0.3 is 6.03 Å². The van der Waals surface area contributed by atoms with Crippen LogP contribution in [0.15, 0.2) is 53.4 Å². The first-order valence-electron chi connectivity index (χ1n) is 7.30. The number of urea groups is 1. The Hall–Kier alpha value is -2.34. The van der Waals surface area contributed by atoms with Crippen LogP contribution in [0.3, 0.4) is 0 Å². The zero-order chi connectivity index (χ0) is 16.9. The first kappa shape index (κ1) is 17.0. The zero-order valence-corrected chi connectivity index (χ0v) is 14.0. The summed E-state index contributed by atoms with van der Waals surface area (Å²) in [7, 11) is -3.84. The Bertz CT molecular complexity index is 766. The summed E-state index contributed by atoms with van der Waals surface area (Å²) in [6, 6.07) is 13.5. The molecule has 0 atom stereocenters. The zero-order valence-electron chi connectivity index (χ0n) is 13.2. The Morgan fingerprint density at radius 3 is 2.00 bits per heavy atom. The van der Waals surface area contributed by atoms with Crippen molar-refractivity contribution in [1.82, 2.24) is 10.0 Å². The SMILES string of the molecule is Cc1ccc(CCNC(=O)NS(=O)(=O)c2ccc(C)cc2)cc1. The lowest BCUT2D eigenvalue weighted by atomic mass is 10.1. The number of carbonyl (C=O) groups is 1. The van der Waals surface area contributed by atoms with E-state index in [1.165, 1.54) is 17.7 Å². The molecule has 0 radical (unpaired) electrons. The van der Waals surface area contributed by atoms with Gasteiger partial charge in [0.05, 0.1) is 4.90 Å². The molecule has 0 fully saturated rings. The Morgan fingerprint density at radius 1 is 0.913 bits per heavy atom. The predicted molar refractivity (Wildman–Crippen MR) is 89.8 cm³/mol. The minimum Gasteiger partial charge on any atom is -0.337 e. The van der Waals surface area contributed by atoms with E-state index < -0.39 is 16.1 Å². The van der Waals surface area contributed by atoms with Gasteiger partial charge in [-0.1, -0.05) is 47.5 Å². The maximum absolute atomic E-state index is 12.1. The standard InChI is InChI=1S/C17H20N2O3S/c1-13-3-7-15(8-4-13)11-12-18-17(20)19-23(21,22)16-9-5-14(2)6-10-16/h3-10H,11-12H2,1-2H3,(H2,18,19,20). The molecule has 0 aliphatic heterocycles. The Labute approximate surface area is 136 Å². The van der Waals surface area contributed by atoms with Crippen molar-refractivity contribution in [3.05, 3.63) is 65.2 Å². The smallest absolute Gasteiger partial charge is 0.328 e. The molecular formula is C17H20N2O3S. The van der Waals surface area contributed by atoms with Crippen molar-refractivity contribution in [2.75, 3.05) is 6.54 Å². The monoisotopic (exact) mass is 332 g/mol. The van der Waals surface area contributed by atoms with E-state index in [0.717, 1.165) is 11.1 Å². The summed E-state index contributed by atoms with van der Waals surface area (Å²) in [5.41, 5.74) is 3.20. The number of sulfonamides is 1. The molecule has 2 aromatic carbocycles. The van der Waals surface area contributed by atoms with Gasteiger partial charge in [0.2, 0.25) is 0 Å². The topological polar surface area (TPSA) is 75.3 Å². The molecule has 2 N–H and O–H groups in total. The van der Waals surface area contributed by atoms with Gasteiger partial charge in [0.25, 0.3) is 10.0 Å². The summed E-state index contributed by atoms with van der Waals surface area (Å²) in [6.07, 6.45) is 0.637. The van der Waals surface area contributed by atoms with E-state index in [1.54, 1.807) is 12.1 Å². The molecule has 0 spiro atoms. The average molecular weight is 332 g/mol. The number of nitrogens with one attached hydrogen (secondary N) is 2. The van der Waals surface area contributed by atoms with Gasteiger partial charge in [-0.25, -0.2) is 17.9 Å². The fourth-order valence-electron chi connectivity index (χ4n) is 2.01. The quantitative estimate of drug-likeness (QED) is 0.883. The van der Waals surface area contributed by atoms with Crippen LogP contribution >= 0.6 is 0 Å². The highest BCUT2D eigenvalue weighted by Crippen LogP contribution is 2.09. The predicted octanol–water partition coefficient (Wildman–Crippen LogP) is 2.53. The van der Waals surface area contributed by atoms with Crippen LogP contribution in [-0.2, 0) is 16.4 Å². The van der Waals surface area contributed by atoms with Gasteiger partial charge in [-0.15, -0.1) is 0 Å². The minimum atomic E-state index is -3.84. The molecule has 2 amide bonds.